The van der Waals surface area contributed by atoms with Gasteiger partial charge in [-0.25, -0.2) is 0 Å². The maximum Gasteiger partial charge on any atom is 0.233 e. The normalized spacial score (nSPS) is 34.9. The molecule has 3 aliphatic rings. The Labute approximate surface area is 127 Å². The molecule has 116 valence electrons. The van der Waals surface area contributed by atoms with Crippen LogP contribution < -0.4 is 0 Å². The predicted octanol–water partition coefficient (Wildman–Crippen LogP) is 3.54. The van der Waals surface area contributed by atoms with Gasteiger partial charge in [-0.1, -0.05) is 51.2 Å². The van der Waals surface area contributed by atoms with Crippen LogP contribution in [0.2, 0.25) is 0 Å². The lowest BCUT2D eigenvalue weighted by atomic mass is 9.85. The number of rotatable bonds is 7. The Kier molecular flexibility index (Phi) is 4.19. The number of nitrogens with zero attached hydrogens (tertiary/aromatic N) is 1. The highest BCUT2D eigenvalue weighted by atomic mass is 16.2. The van der Waals surface area contributed by atoms with Gasteiger partial charge in [0.05, 0.1) is 11.8 Å². The molecule has 0 radical (unpaired) electrons. The van der Waals surface area contributed by atoms with E-state index in [2.05, 4.69) is 19.1 Å². The topological polar surface area (TPSA) is 37.4 Å². The Hall–Kier alpha value is -1.12. The van der Waals surface area contributed by atoms with E-state index in [9.17, 15) is 9.59 Å². The molecule has 0 aromatic heterocycles. The van der Waals surface area contributed by atoms with Gasteiger partial charge in [0, 0.05) is 6.04 Å². The number of hydrogen-bond acceptors (Lipinski definition) is 2. The predicted molar refractivity (Wildman–Crippen MR) is 82.4 cm³/mol. The van der Waals surface area contributed by atoms with E-state index in [0.29, 0.717) is 11.8 Å². The Morgan fingerprint density at radius 3 is 2.19 bits per heavy atom. The van der Waals surface area contributed by atoms with Gasteiger partial charge in [0.2, 0.25) is 11.8 Å². The van der Waals surface area contributed by atoms with Crippen LogP contribution in [0.1, 0.15) is 58.8 Å². The number of hydrogen-bond donors (Lipinski definition) is 0. The van der Waals surface area contributed by atoms with E-state index in [1.807, 2.05) is 6.92 Å². The standard InChI is InChI=1S/C18H27NO2/c1-3-4-5-6-7-8-12(2)19-17(20)15-13-9-10-14(11-13)16(15)18(19)21/h9-10,12-16H,3-8,11H2,1-2H3. The van der Waals surface area contributed by atoms with Crippen LogP contribution in [0, 0.1) is 23.7 Å². The summed E-state index contributed by atoms with van der Waals surface area (Å²) in [5.74, 6) is 0.826. The van der Waals surface area contributed by atoms with Crippen molar-refractivity contribution in [2.45, 2.75) is 64.8 Å². The first-order chi connectivity index (χ1) is 10.1. The lowest BCUT2D eigenvalue weighted by Gasteiger charge is -2.24. The van der Waals surface area contributed by atoms with E-state index in [0.717, 1.165) is 19.3 Å². The van der Waals surface area contributed by atoms with Gasteiger partial charge in [0.25, 0.3) is 0 Å². The summed E-state index contributed by atoms with van der Waals surface area (Å²) in [5.41, 5.74) is 0. The SMILES string of the molecule is CCCCCCCC(C)N1C(=O)C2C3C=CC(C3)C2C1=O. The van der Waals surface area contributed by atoms with Crippen molar-refractivity contribution >= 4 is 11.8 Å². The second-order valence-electron chi connectivity index (χ2n) is 7.10. The van der Waals surface area contributed by atoms with Crippen LogP contribution in [0.4, 0.5) is 0 Å². The van der Waals surface area contributed by atoms with E-state index >= 15 is 0 Å². The molecule has 1 aliphatic heterocycles. The van der Waals surface area contributed by atoms with Crippen LogP contribution in [-0.4, -0.2) is 22.8 Å². The molecular weight excluding hydrogens is 262 g/mol. The molecule has 0 aromatic rings. The lowest BCUT2D eigenvalue weighted by molar-refractivity contribution is -0.143. The van der Waals surface area contributed by atoms with Crippen LogP contribution in [0.3, 0.4) is 0 Å². The summed E-state index contributed by atoms with van der Waals surface area (Å²) in [6.45, 7) is 4.26. The molecule has 3 rings (SSSR count). The molecule has 1 saturated carbocycles. The molecule has 5 atom stereocenters. The van der Waals surface area contributed by atoms with Crippen LogP contribution in [0.15, 0.2) is 12.2 Å². The van der Waals surface area contributed by atoms with Gasteiger partial charge in [-0.3, -0.25) is 14.5 Å². The number of carbonyl (C=O) groups is 2. The molecule has 0 N–H and O–H groups in total. The number of unbranched alkanes of at least 4 members (excludes halogenated alkanes) is 4. The highest BCUT2D eigenvalue weighted by Crippen LogP contribution is 2.52. The van der Waals surface area contributed by atoms with Crippen molar-refractivity contribution in [3.05, 3.63) is 12.2 Å². The van der Waals surface area contributed by atoms with Gasteiger partial charge < -0.3 is 0 Å². The molecule has 3 nitrogen and oxygen atoms in total. The van der Waals surface area contributed by atoms with Gasteiger partial charge in [0.15, 0.2) is 0 Å². The highest BCUT2D eigenvalue weighted by Gasteiger charge is 2.59. The second-order valence-corrected chi connectivity index (χ2v) is 7.10. The van der Waals surface area contributed by atoms with Crippen LogP contribution in [0.5, 0.6) is 0 Å². The number of carbonyl (C=O) groups excluding carboxylic acids is 2. The monoisotopic (exact) mass is 289 g/mol. The molecule has 3 heteroatoms. The molecule has 2 fully saturated rings. The van der Waals surface area contributed by atoms with Crippen LogP contribution >= 0.6 is 0 Å². The summed E-state index contributed by atoms with van der Waals surface area (Å²) in [6.07, 6.45) is 12.4. The third-order valence-electron chi connectivity index (χ3n) is 5.67. The van der Waals surface area contributed by atoms with Crippen molar-refractivity contribution in [2.24, 2.45) is 23.7 Å². The number of amides is 2. The third-order valence-corrected chi connectivity index (χ3v) is 5.67. The smallest absolute Gasteiger partial charge is 0.233 e. The van der Waals surface area contributed by atoms with Crippen molar-refractivity contribution < 1.29 is 9.59 Å². The van der Waals surface area contributed by atoms with Crippen molar-refractivity contribution in [2.75, 3.05) is 0 Å². The average molecular weight is 289 g/mol. The Morgan fingerprint density at radius 2 is 1.62 bits per heavy atom. The summed E-state index contributed by atoms with van der Waals surface area (Å²) >= 11 is 0. The fourth-order valence-electron chi connectivity index (χ4n) is 4.53. The Morgan fingerprint density at radius 1 is 1.05 bits per heavy atom. The minimum atomic E-state index is -0.0324. The molecule has 1 saturated heterocycles. The quantitative estimate of drug-likeness (QED) is 0.408. The summed E-state index contributed by atoms with van der Waals surface area (Å²) in [5, 5.41) is 0. The van der Waals surface area contributed by atoms with Crippen molar-refractivity contribution in [1.82, 2.24) is 4.90 Å². The van der Waals surface area contributed by atoms with Crippen molar-refractivity contribution in [3.63, 3.8) is 0 Å². The number of allylic oxidation sites excluding steroid dienone is 2. The number of fused-ring (bicyclic) bond motifs is 5. The van der Waals surface area contributed by atoms with Crippen LogP contribution in [0.25, 0.3) is 0 Å². The van der Waals surface area contributed by atoms with Crippen molar-refractivity contribution in [3.8, 4) is 0 Å². The van der Waals surface area contributed by atoms with E-state index in [1.165, 1.54) is 25.7 Å². The molecule has 0 aromatic carbocycles. The van der Waals surface area contributed by atoms with Gasteiger partial charge in [-0.15, -0.1) is 0 Å². The van der Waals surface area contributed by atoms with Gasteiger partial charge in [0.1, 0.15) is 0 Å². The molecule has 0 spiro atoms. The summed E-state index contributed by atoms with van der Waals surface area (Å²) in [7, 11) is 0. The zero-order valence-electron chi connectivity index (χ0n) is 13.3. The molecule has 2 aliphatic carbocycles. The maximum atomic E-state index is 12.6. The third kappa shape index (κ3) is 2.45. The first-order valence-corrected chi connectivity index (χ1v) is 8.70. The zero-order chi connectivity index (χ0) is 15.0. The molecule has 1 heterocycles. The first kappa shape index (κ1) is 14.8. The van der Waals surface area contributed by atoms with Gasteiger partial charge >= 0.3 is 0 Å². The van der Waals surface area contributed by atoms with Gasteiger partial charge in [-0.2, -0.15) is 0 Å². The summed E-state index contributed by atoms with van der Waals surface area (Å²) in [4.78, 5) is 26.9. The van der Waals surface area contributed by atoms with E-state index < -0.39 is 0 Å². The van der Waals surface area contributed by atoms with Crippen LogP contribution in [-0.2, 0) is 9.59 Å². The molecule has 5 unspecified atom stereocenters. The minimum Gasteiger partial charge on any atom is -0.279 e. The van der Waals surface area contributed by atoms with E-state index in [1.54, 1.807) is 4.90 Å². The van der Waals surface area contributed by atoms with E-state index in [4.69, 9.17) is 0 Å². The molecule has 2 bridgehead atoms. The van der Waals surface area contributed by atoms with E-state index in [-0.39, 0.29) is 29.7 Å². The largest absolute Gasteiger partial charge is 0.279 e. The fraction of sp³-hybridized carbons (Fsp3) is 0.778. The zero-order valence-corrected chi connectivity index (χ0v) is 13.3. The Bertz CT molecular complexity index is 426. The summed E-state index contributed by atoms with van der Waals surface area (Å²) in [6, 6.07) is 0.0802. The molecule has 2 amide bonds. The second kappa shape index (κ2) is 5.94. The van der Waals surface area contributed by atoms with Crippen molar-refractivity contribution in [1.29, 1.82) is 0 Å². The minimum absolute atomic E-state index is 0.0324. The number of likely N-dealkylation sites (tertiary alicyclic amines) is 1. The first-order valence-electron chi connectivity index (χ1n) is 8.70. The Balaban J connectivity index is 1.57. The van der Waals surface area contributed by atoms with Gasteiger partial charge in [-0.05, 0) is 31.6 Å². The highest BCUT2D eigenvalue weighted by molar-refractivity contribution is 6.06. The lowest BCUT2D eigenvalue weighted by Crippen LogP contribution is -2.40. The maximum absolute atomic E-state index is 12.6. The molecular formula is C18H27NO2. The number of imide groups is 1. The summed E-state index contributed by atoms with van der Waals surface area (Å²) < 4.78 is 0. The average Bonchev–Trinajstić information content (AvgIpc) is 3.13. The molecule has 21 heavy (non-hydrogen) atoms. The fourth-order valence-corrected chi connectivity index (χ4v) is 4.53.